The van der Waals surface area contributed by atoms with E-state index in [0.29, 0.717) is 19.3 Å². The summed E-state index contributed by atoms with van der Waals surface area (Å²) < 4.78 is 21.5. The highest BCUT2D eigenvalue weighted by atomic mass is 16.5. The zero-order valence-electron chi connectivity index (χ0n) is 14.6. The molecule has 1 saturated heterocycles. The van der Waals surface area contributed by atoms with Crippen LogP contribution in [0.15, 0.2) is 4.99 Å². The van der Waals surface area contributed by atoms with E-state index in [2.05, 4.69) is 15.6 Å². The molecule has 0 aliphatic carbocycles. The third-order valence-electron chi connectivity index (χ3n) is 3.55. The Balaban J connectivity index is 1.90. The van der Waals surface area contributed by atoms with Gasteiger partial charge in [-0.2, -0.15) is 0 Å². The van der Waals surface area contributed by atoms with Crippen molar-refractivity contribution >= 4 is 5.96 Å². The molecule has 0 radical (unpaired) electrons. The van der Waals surface area contributed by atoms with E-state index in [-0.39, 0.29) is 0 Å². The van der Waals surface area contributed by atoms with Gasteiger partial charge in [0, 0.05) is 53.7 Å². The van der Waals surface area contributed by atoms with Crippen LogP contribution < -0.4 is 10.6 Å². The van der Waals surface area contributed by atoms with Crippen molar-refractivity contribution in [2.75, 3.05) is 66.9 Å². The largest absolute Gasteiger partial charge is 0.382 e. The minimum absolute atomic E-state index is 0.374. The lowest BCUT2D eigenvalue weighted by atomic mass is 10.1. The Kier molecular flexibility index (Phi) is 12.9. The smallest absolute Gasteiger partial charge is 0.190 e. The highest BCUT2D eigenvalue weighted by Crippen LogP contribution is 2.10. The van der Waals surface area contributed by atoms with Crippen LogP contribution >= 0.6 is 0 Å². The Morgan fingerprint density at radius 1 is 1.04 bits per heavy atom. The number of methoxy groups -OCH3 is 1. The minimum Gasteiger partial charge on any atom is -0.382 e. The molecule has 0 unspecified atom stereocenters. The number of guanidine groups is 1. The SMILES string of the molecule is CN=C(NCCCOCCOC)NCCCOC1CCOCC1. The molecule has 1 heterocycles. The highest BCUT2D eigenvalue weighted by molar-refractivity contribution is 5.79. The van der Waals surface area contributed by atoms with Crippen molar-refractivity contribution in [3.8, 4) is 0 Å². The van der Waals surface area contributed by atoms with Gasteiger partial charge in [-0.05, 0) is 25.7 Å². The van der Waals surface area contributed by atoms with Crippen LogP contribution in [0.25, 0.3) is 0 Å². The van der Waals surface area contributed by atoms with Gasteiger partial charge in [0.15, 0.2) is 5.96 Å². The van der Waals surface area contributed by atoms with Crippen molar-refractivity contribution in [3.05, 3.63) is 0 Å². The Hall–Kier alpha value is -0.890. The van der Waals surface area contributed by atoms with E-state index in [4.69, 9.17) is 18.9 Å². The van der Waals surface area contributed by atoms with Gasteiger partial charge in [-0.25, -0.2) is 0 Å². The van der Waals surface area contributed by atoms with Crippen LogP contribution in [-0.4, -0.2) is 79.0 Å². The van der Waals surface area contributed by atoms with Gasteiger partial charge in [-0.1, -0.05) is 0 Å². The first-order valence-corrected chi connectivity index (χ1v) is 8.57. The lowest BCUT2D eigenvalue weighted by Gasteiger charge is -2.22. The van der Waals surface area contributed by atoms with Crippen LogP contribution in [0.4, 0.5) is 0 Å². The Morgan fingerprint density at radius 3 is 2.39 bits per heavy atom. The molecule has 1 rings (SSSR count). The van der Waals surface area contributed by atoms with Crippen LogP contribution in [0, 0.1) is 0 Å². The van der Waals surface area contributed by atoms with Crippen LogP contribution in [-0.2, 0) is 18.9 Å². The van der Waals surface area contributed by atoms with E-state index in [1.54, 1.807) is 14.2 Å². The van der Waals surface area contributed by atoms with Gasteiger partial charge < -0.3 is 29.6 Å². The molecule has 0 atom stereocenters. The maximum absolute atomic E-state index is 5.84. The summed E-state index contributed by atoms with van der Waals surface area (Å²) >= 11 is 0. The second kappa shape index (κ2) is 14.7. The average Bonchev–Trinajstić information content (AvgIpc) is 2.59. The topological polar surface area (TPSA) is 73.3 Å². The fraction of sp³-hybridized carbons (Fsp3) is 0.938. The number of nitrogens with one attached hydrogen (secondary N) is 2. The standard InChI is InChI=1S/C16H33N3O4/c1-17-16(18-7-3-9-21-14-13-20-2)19-8-4-10-23-15-5-11-22-12-6-15/h15H,3-14H2,1-2H3,(H2,17,18,19). The van der Waals surface area contributed by atoms with Crippen LogP contribution in [0.5, 0.6) is 0 Å². The summed E-state index contributed by atoms with van der Waals surface area (Å²) in [6, 6.07) is 0. The molecule has 136 valence electrons. The summed E-state index contributed by atoms with van der Waals surface area (Å²) in [6.07, 6.45) is 4.32. The average molecular weight is 331 g/mol. The van der Waals surface area contributed by atoms with Gasteiger partial charge in [0.2, 0.25) is 0 Å². The number of nitrogens with zero attached hydrogens (tertiary/aromatic N) is 1. The molecule has 0 bridgehead atoms. The Bertz CT molecular complexity index is 297. The maximum Gasteiger partial charge on any atom is 0.190 e. The summed E-state index contributed by atoms with van der Waals surface area (Å²) in [4.78, 5) is 4.20. The van der Waals surface area contributed by atoms with Crippen LogP contribution in [0.2, 0.25) is 0 Å². The summed E-state index contributed by atoms with van der Waals surface area (Å²) in [5.74, 6) is 0.827. The van der Waals surface area contributed by atoms with Crippen LogP contribution in [0.3, 0.4) is 0 Å². The quantitative estimate of drug-likeness (QED) is 0.313. The van der Waals surface area contributed by atoms with Gasteiger partial charge >= 0.3 is 0 Å². The van der Waals surface area contributed by atoms with E-state index in [1.807, 2.05) is 0 Å². The molecule has 7 heteroatoms. The molecule has 1 aliphatic rings. The Morgan fingerprint density at radius 2 is 1.74 bits per heavy atom. The van der Waals surface area contributed by atoms with Gasteiger partial charge in [0.25, 0.3) is 0 Å². The third kappa shape index (κ3) is 11.3. The van der Waals surface area contributed by atoms with Crippen molar-refractivity contribution in [2.45, 2.75) is 31.8 Å². The van der Waals surface area contributed by atoms with E-state index < -0.39 is 0 Å². The predicted octanol–water partition coefficient (Wildman–Crippen LogP) is 0.790. The van der Waals surface area contributed by atoms with E-state index in [9.17, 15) is 0 Å². The summed E-state index contributed by atoms with van der Waals surface area (Å²) in [5.41, 5.74) is 0. The van der Waals surface area contributed by atoms with E-state index in [1.165, 1.54) is 0 Å². The van der Waals surface area contributed by atoms with Gasteiger partial charge in [0.1, 0.15) is 0 Å². The molecule has 0 aromatic heterocycles. The molecule has 23 heavy (non-hydrogen) atoms. The first kappa shape index (κ1) is 20.2. The number of ether oxygens (including phenoxy) is 4. The molecule has 0 aromatic carbocycles. The lowest BCUT2D eigenvalue weighted by molar-refractivity contribution is -0.0320. The lowest BCUT2D eigenvalue weighted by Crippen LogP contribution is -2.38. The fourth-order valence-electron chi connectivity index (χ4n) is 2.22. The molecule has 0 amide bonds. The molecule has 2 N–H and O–H groups in total. The van der Waals surface area contributed by atoms with E-state index in [0.717, 1.165) is 71.2 Å². The molecule has 0 aromatic rings. The second-order valence-electron chi connectivity index (χ2n) is 5.42. The molecule has 0 spiro atoms. The zero-order chi connectivity index (χ0) is 16.6. The molecule has 0 saturated carbocycles. The Labute approximate surface area is 140 Å². The maximum atomic E-state index is 5.84. The van der Waals surface area contributed by atoms with Crippen molar-refractivity contribution in [1.29, 1.82) is 0 Å². The molecule has 1 aliphatic heterocycles. The molecular formula is C16H33N3O4. The number of rotatable bonds is 12. The first-order valence-electron chi connectivity index (χ1n) is 8.57. The molecule has 7 nitrogen and oxygen atoms in total. The predicted molar refractivity (Wildman–Crippen MR) is 91.1 cm³/mol. The van der Waals surface area contributed by atoms with Crippen molar-refractivity contribution in [3.63, 3.8) is 0 Å². The van der Waals surface area contributed by atoms with Crippen molar-refractivity contribution in [1.82, 2.24) is 10.6 Å². The van der Waals surface area contributed by atoms with Gasteiger partial charge in [-0.3, -0.25) is 4.99 Å². The second-order valence-corrected chi connectivity index (χ2v) is 5.42. The van der Waals surface area contributed by atoms with Crippen molar-refractivity contribution in [2.24, 2.45) is 4.99 Å². The van der Waals surface area contributed by atoms with Gasteiger partial charge in [0.05, 0.1) is 19.3 Å². The number of aliphatic imine (C=N–C) groups is 1. The monoisotopic (exact) mass is 331 g/mol. The van der Waals surface area contributed by atoms with Crippen molar-refractivity contribution < 1.29 is 18.9 Å². The zero-order valence-corrected chi connectivity index (χ0v) is 14.6. The summed E-state index contributed by atoms with van der Waals surface area (Å²) in [7, 11) is 3.46. The summed E-state index contributed by atoms with van der Waals surface area (Å²) in [5, 5.41) is 6.56. The van der Waals surface area contributed by atoms with Crippen LogP contribution in [0.1, 0.15) is 25.7 Å². The number of hydrogen-bond acceptors (Lipinski definition) is 5. The summed E-state index contributed by atoms with van der Waals surface area (Å²) in [6.45, 7) is 6.15. The first-order chi connectivity index (χ1) is 11.4. The fourth-order valence-corrected chi connectivity index (χ4v) is 2.22. The minimum atomic E-state index is 0.374. The molecular weight excluding hydrogens is 298 g/mol. The highest BCUT2D eigenvalue weighted by Gasteiger charge is 2.13. The van der Waals surface area contributed by atoms with Gasteiger partial charge in [-0.15, -0.1) is 0 Å². The normalized spacial score (nSPS) is 16.5. The number of hydrogen-bond donors (Lipinski definition) is 2. The van der Waals surface area contributed by atoms with E-state index >= 15 is 0 Å². The molecule has 1 fully saturated rings. The third-order valence-corrected chi connectivity index (χ3v) is 3.55.